The molecule has 27 heavy (non-hydrogen) atoms. The van der Waals surface area contributed by atoms with Crippen LogP contribution in [0.15, 0.2) is 34.9 Å². The normalized spacial score (nSPS) is 19.6. The van der Waals surface area contributed by atoms with Crippen LogP contribution in [0.5, 0.6) is 0 Å². The molecule has 0 unspecified atom stereocenters. The standard InChI is InChI=1S/C18H21N3O3.CH2O2/c1-11-5-7-14(8-6-11)16-9-15(24-19-16)10-21-13(3)17(22)20(4)12(2)18(21)23;2-1-3/h5-9,12-13H,10H2,1-4H3;1H,(H,2,3)/t12-,13-;/m0./s1. The third-order valence-electron chi connectivity index (χ3n) is 4.63. The second-order valence-electron chi connectivity index (χ2n) is 6.42. The van der Waals surface area contributed by atoms with Gasteiger partial charge in [-0.2, -0.15) is 0 Å². The van der Waals surface area contributed by atoms with E-state index in [2.05, 4.69) is 5.16 Å². The van der Waals surface area contributed by atoms with Gasteiger partial charge in [-0.05, 0) is 20.8 Å². The minimum absolute atomic E-state index is 0.0691. The molecule has 2 heterocycles. The van der Waals surface area contributed by atoms with Crippen LogP contribution in [0.25, 0.3) is 11.3 Å². The summed E-state index contributed by atoms with van der Waals surface area (Å²) in [5, 5.41) is 11.0. The number of hydrogen-bond acceptors (Lipinski definition) is 5. The maximum atomic E-state index is 12.5. The van der Waals surface area contributed by atoms with E-state index in [0.29, 0.717) is 5.76 Å². The molecule has 1 aliphatic heterocycles. The zero-order valence-electron chi connectivity index (χ0n) is 15.7. The Morgan fingerprint density at radius 3 is 2.33 bits per heavy atom. The number of piperazine rings is 1. The monoisotopic (exact) mass is 373 g/mol. The van der Waals surface area contributed by atoms with Crippen LogP contribution in [0.4, 0.5) is 0 Å². The molecule has 3 rings (SSSR count). The van der Waals surface area contributed by atoms with Crippen molar-refractivity contribution in [1.82, 2.24) is 15.0 Å². The highest BCUT2D eigenvalue weighted by molar-refractivity contribution is 5.96. The fraction of sp³-hybridized carbons (Fsp3) is 0.368. The third kappa shape index (κ3) is 4.33. The molecular formula is C19H23N3O5. The van der Waals surface area contributed by atoms with Crippen molar-refractivity contribution in [2.75, 3.05) is 7.05 Å². The van der Waals surface area contributed by atoms with Gasteiger partial charge in [0.05, 0.1) is 6.54 Å². The molecule has 0 radical (unpaired) electrons. The summed E-state index contributed by atoms with van der Waals surface area (Å²) < 4.78 is 5.38. The molecule has 1 aromatic heterocycles. The van der Waals surface area contributed by atoms with Crippen molar-refractivity contribution in [1.29, 1.82) is 0 Å². The maximum Gasteiger partial charge on any atom is 0.290 e. The number of carbonyl (C=O) groups excluding carboxylic acids is 2. The number of carboxylic acid groups (broad SMARTS) is 1. The Balaban J connectivity index is 0.000000817. The van der Waals surface area contributed by atoms with Gasteiger partial charge in [-0.3, -0.25) is 14.4 Å². The van der Waals surface area contributed by atoms with Crippen molar-refractivity contribution in [3.8, 4) is 11.3 Å². The molecule has 2 amide bonds. The number of aryl methyl sites for hydroxylation is 1. The van der Waals surface area contributed by atoms with Crippen LogP contribution < -0.4 is 0 Å². The van der Waals surface area contributed by atoms with Gasteiger partial charge in [0.1, 0.15) is 17.8 Å². The molecule has 1 fully saturated rings. The van der Waals surface area contributed by atoms with Crippen molar-refractivity contribution in [3.63, 3.8) is 0 Å². The molecule has 0 bridgehead atoms. The summed E-state index contributed by atoms with van der Waals surface area (Å²) in [5.41, 5.74) is 2.85. The highest BCUT2D eigenvalue weighted by atomic mass is 16.5. The molecule has 1 aromatic carbocycles. The first kappa shape index (κ1) is 20.2. The summed E-state index contributed by atoms with van der Waals surface area (Å²) >= 11 is 0. The second kappa shape index (κ2) is 8.48. The largest absolute Gasteiger partial charge is 0.483 e. The zero-order valence-corrected chi connectivity index (χ0v) is 15.7. The first-order valence-corrected chi connectivity index (χ1v) is 8.47. The van der Waals surface area contributed by atoms with E-state index in [1.165, 1.54) is 10.5 Å². The summed E-state index contributed by atoms with van der Waals surface area (Å²) in [6.07, 6.45) is 0. The van der Waals surface area contributed by atoms with E-state index < -0.39 is 12.1 Å². The quantitative estimate of drug-likeness (QED) is 0.825. The van der Waals surface area contributed by atoms with Gasteiger partial charge in [-0.1, -0.05) is 35.0 Å². The van der Waals surface area contributed by atoms with Gasteiger partial charge in [-0.25, -0.2) is 0 Å². The lowest BCUT2D eigenvalue weighted by Gasteiger charge is -2.40. The molecule has 2 aromatic rings. The maximum absolute atomic E-state index is 12.5. The Morgan fingerprint density at radius 1 is 1.15 bits per heavy atom. The highest BCUT2D eigenvalue weighted by Gasteiger charge is 2.40. The summed E-state index contributed by atoms with van der Waals surface area (Å²) in [5.74, 6) is 0.411. The van der Waals surface area contributed by atoms with Crippen molar-refractivity contribution >= 4 is 18.3 Å². The molecule has 1 aliphatic rings. The van der Waals surface area contributed by atoms with Crippen molar-refractivity contribution in [3.05, 3.63) is 41.7 Å². The van der Waals surface area contributed by atoms with Crippen molar-refractivity contribution in [2.24, 2.45) is 0 Å². The summed E-state index contributed by atoms with van der Waals surface area (Å²) in [4.78, 5) is 36.1. The summed E-state index contributed by atoms with van der Waals surface area (Å²) in [7, 11) is 1.66. The summed E-state index contributed by atoms with van der Waals surface area (Å²) in [6, 6.07) is 8.82. The Hall–Kier alpha value is -3.16. The van der Waals surface area contributed by atoms with E-state index in [0.717, 1.165) is 11.3 Å². The minimum atomic E-state index is -0.508. The van der Waals surface area contributed by atoms with E-state index >= 15 is 0 Å². The van der Waals surface area contributed by atoms with Gasteiger partial charge in [0.15, 0.2) is 5.76 Å². The van der Waals surface area contributed by atoms with Crippen LogP contribution in [-0.2, 0) is 20.9 Å². The summed E-state index contributed by atoms with van der Waals surface area (Å²) in [6.45, 7) is 5.48. The molecule has 0 aliphatic carbocycles. The SMILES string of the molecule is Cc1ccc(-c2cc(CN3C(=O)[C@H](C)N(C)C(=O)[C@@H]3C)on2)cc1.O=CO. The van der Waals surface area contributed by atoms with Crippen molar-refractivity contribution in [2.45, 2.75) is 39.4 Å². The number of nitrogens with zero attached hydrogens (tertiary/aromatic N) is 3. The Kier molecular flexibility index (Phi) is 6.33. The number of rotatable bonds is 3. The van der Waals surface area contributed by atoms with Crippen LogP contribution >= 0.6 is 0 Å². The van der Waals surface area contributed by atoms with Gasteiger partial charge in [-0.15, -0.1) is 0 Å². The van der Waals surface area contributed by atoms with Gasteiger partial charge < -0.3 is 19.4 Å². The fourth-order valence-corrected chi connectivity index (χ4v) is 2.85. The molecule has 1 N–H and O–H groups in total. The van der Waals surface area contributed by atoms with E-state index in [-0.39, 0.29) is 24.8 Å². The van der Waals surface area contributed by atoms with Gasteiger partial charge >= 0.3 is 0 Å². The molecule has 0 saturated carbocycles. The topological polar surface area (TPSA) is 104 Å². The number of carbonyl (C=O) groups is 3. The molecule has 0 spiro atoms. The molecular weight excluding hydrogens is 350 g/mol. The number of amides is 2. The Labute approximate surface area is 157 Å². The molecule has 144 valence electrons. The first-order chi connectivity index (χ1) is 12.8. The highest BCUT2D eigenvalue weighted by Crippen LogP contribution is 2.23. The zero-order chi connectivity index (χ0) is 20.1. The van der Waals surface area contributed by atoms with E-state index in [4.69, 9.17) is 14.4 Å². The van der Waals surface area contributed by atoms with Crippen LogP contribution in [-0.4, -0.2) is 57.5 Å². The number of hydrogen-bond donors (Lipinski definition) is 1. The predicted octanol–water partition coefficient (Wildman–Crippen LogP) is 1.93. The number of aromatic nitrogens is 1. The van der Waals surface area contributed by atoms with E-state index in [1.807, 2.05) is 37.3 Å². The minimum Gasteiger partial charge on any atom is -0.483 e. The average Bonchev–Trinajstić information content (AvgIpc) is 3.12. The van der Waals surface area contributed by atoms with Gasteiger partial charge in [0.2, 0.25) is 11.8 Å². The van der Waals surface area contributed by atoms with Crippen LogP contribution in [0.3, 0.4) is 0 Å². The molecule has 1 saturated heterocycles. The third-order valence-corrected chi connectivity index (χ3v) is 4.63. The van der Waals surface area contributed by atoms with Crippen LogP contribution in [0, 0.1) is 6.92 Å². The fourth-order valence-electron chi connectivity index (χ4n) is 2.85. The van der Waals surface area contributed by atoms with E-state index in [9.17, 15) is 9.59 Å². The van der Waals surface area contributed by atoms with Crippen LogP contribution in [0.1, 0.15) is 25.2 Å². The lowest BCUT2D eigenvalue weighted by atomic mass is 10.1. The van der Waals surface area contributed by atoms with Gasteiger partial charge in [0, 0.05) is 18.7 Å². The first-order valence-electron chi connectivity index (χ1n) is 8.47. The molecule has 8 heteroatoms. The smallest absolute Gasteiger partial charge is 0.290 e. The molecule has 2 atom stereocenters. The predicted molar refractivity (Wildman–Crippen MR) is 97.6 cm³/mol. The second-order valence-corrected chi connectivity index (χ2v) is 6.42. The lowest BCUT2D eigenvalue weighted by Crippen LogP contribution is -2.61. The lowest BCUT2D eigenvalue weighted by molar-refractivity contribution is -0.159. The number of likely N-dealkylation sites (N-methyl/N-ethyl adjacent to an activating group) is 1. The molecule has 8 nitrogen and oxygen atoms in total. The van der Waals surface area contributed by atoms with E-state index in [1.54, 1.807) is 25.8 Å². The number of benzene rings is 1. The Morgan fingerprint density at radius 2 is 1.74 bits per heavy atom. The van der Waals surface area contributed by atoms with Crippen molar-refractivity contribution < 1.29 is 24.0 Å². The van der Waals surface area contributed by atoms with Gasteiger partial charge in [0.25, 0.3) is 6.47 Å². The average molecular weight is 373 g/mol. The van der Waals surface area contributed by atoms with Crippen LogP contribution in [0.2, 0.25) is 0 Å². The Bertz CT molecular complexity index is 815.